The number of aryl methyl sites for hydroxylation is 1. The largest absolute Gasteiger partial charge is 0.326 e. The smallest absolute Gasteiger partial charge is 0.227 e. The molecule has 0 atom stereocenters. The highest BCUT2D eigenvalue weighted by atomic mass is 32.1. The summed E-state index contributed by atoms with van der Waals surface area (Å²) in [7, 11) is 0. The van der Waals surface area contributed by atoms with Crippen LogP contribution in [0.3, 0.4) is 0 Å². The lowest BCUT2D eigenvalue weighted by Gasteiger charge is -2.29. The lowest BCUT2D eigenvalue weighted by molar-refractivity contribution is -0.121. The fourth-order valence-electron chi connectivity index (χ4n) is 2.91. The Balaban J connectivity index is 1.56. The number of benzene rings is 1. The van der Waals surface area contributed by atoms with E-state index in [4.69, 9.17) is 6.42 Å². The van der Waals surface area contributed by atoms with E-state index in [-0.39, 0.29) is 11.8 Å². The van der Waals surface area contributed by atoms with Crippen LogP contribution in [0, 0.1) is 25.2 Å². The van der Waals surface area contributed by atoms with Gasteiger partial charge in [-0.2, -0.15) is 0 Å². The van der Waals surface area contributed by atoms with Crippen LogP contribution >= 0.6 is 11.3 Å². The molecule has 0 saturated carbocycles. The van der Waals surface area contributed by atoms with E-state index >= 15 is 0 Å². The topological polar surface area (TPSA) is 45.2 Å². The van der Waals surface area contributed by atoms with E-state index in [1.165, 1.54) is 0 Å². The molecule has 0 radical (unpaired) electrons. The van der Waals surface area contributed by atoms with Crippen LogP contribution in [0.5, 0.6) is 0 Å². The van der Waals surface area contributed by atoms with Crippen LogP contribution in [0.25, 0.3) is 10.6 Å². The molecule has 1 N–H and O–H groups in total. The Morgan fingerprint density at radius 2 is 2.08 bits per heavy atom. The number of piperidine rings is 1. The molecule has 1 aliphatic heterocycles. The fraction of sp³-hybridized carbons (Fsp3) is 0.368. The highest BCUT2D eigenvalue weighted by Gasteiger charge is 2.24. The van der Waals surface area contributed by atoms with Crippen molar-refractivity contribution in [3.63, 3.8) is 0 Å². The summed E-state index contributed by atoms with van der Waals surface area (Å²) < 4.78 is 0. The molecule has 124 valence electrons. The van der Waals surface area contributed by atoms with E-state index < -0.39 is 0 Å². The molecule has 5 heteroatoms. The molecule has 1 aliphatic rings. The number of carbonyl (C=O) groups is 1. The van der Waals surface area contributed by atoms with Gasteiger partial charge in [0.25, 0.3) is 0 Å². The molecule has 3 rings (SSSR count). The fourth-order valence-corrected chi connectivity index (χ4v) is 3.71. The summed E-state index contributed by atoms with van der Waals surface area (Å²) >= 11 is 1.63. The van der Waals surface area contributed by atoms with Crippen molar-refractivity contribution in [3.05, 3.63) is 35.3 Å². The summed E-state index contributed by atoms with van der Waals surface area (Å²) in [6, 6.07) is 7.89. The van der Waals surface area contributed by atoms with Crippen molar-refractivity contribution in [2.45, 2.75) is 19.8 Å². The quantitative estimate of drug-likeness (QED) is 0.869. The van der Waals surface area contributed by atoms with Gasteiger partial charge in [0.15, 0.2) is 0 Å². The zero-order chi connectivity index (χ0) is 16.9. The summed E-state index contributed by atoms with van der Waals surface area (Å²) in [6.07, 6.45) is 7.07. The normalized spacial score (nSPS) is 15.8. The van der Waals surface area contributed by atoms with Gasteiger partial charge in [-0.1, -0.05) is 5.92 Å². The summed E-state index contributed by atoms with van der Waals surface area (Å²) in [5, 5.41) is 6.07. The molecule has 2 heterocycles. The minimum atomic E-state index is 0.0697. The Bertz CT molecular complexity index is 737. The van der Waals surface area contributed by atoms with Crippen molar-refractivity contribution in [1.29, 1.82) is 0 Å². The molecule has 1 aromatic heterocycles. The molecular weight excluding hydrogens is 318 g/mol. The Labute approximate surface area is 146 Å². The van der Waals surface area contributed by atoms with Gasteiger partial charge in [0.2, 0.25) is 5.91 Å². The Hall–Kier alpha value is -2.16. The third-order valence-electron chi connectivity index (χ3n) is 4.29. The van der Waals surface area contributed by atoms with Crippen LogP contribution in [-0.4, -0.2) is 35.4 Å². The van der Waals surface area contributed by atoms with Crippen molar-refractivity contribution in [2.24, 2.45) is 5.92 Å². The summed E-state index contributed by atoms with van der Waals surface area (Å²) in [6.45, 7) is 4.45. The molecule has 0 aliphatic carbocycles. The van der Waals surface area contributed by atoms with Crippen molar-refractivity contribution < 1.29 is 4.79 Å². The maximum absolute atomic E-state index is 12.4. The Morgan fingerprint density at radius 1 is 1.38 bits per heavy atom. The highest BCUT2D eigenvalue weighted by molar-refractivity contribution is 7.13. The van der Waals surface area contributed by atoms with Gasteiger partial charge in [0.1, 0.15) is 5.01 Å². The van der Waals surface area contributed by atoms with Gasteiger partial charge in [-0.05, 0) is 57.1 Å². The van der Waals surface area contributed by atoms with Crippen LogP contribution in [0.4, 0.5) is 5.69 Å². The Kier molecular flexibility index (Phi) is 5.29. The molecule has 1 saturated heterocycles. The summed E-state index contributed by atoms with van der Waals surface area (Å²) in [4.78, 5) is 19.1. The first kappa shape index (κ1) is 16.7. The van der Waals surface area contributed by atoms with E-state index in [1.807, 2.05) is 36.6 Å². The second kappa shape index (κ2) is 7.61. The van der Waals surface area contributed by atoms with E-state index in [1.54, 1.807) is 11.3 Å². The molecule has 0 unspecified atom stereocenters. The minimum Gasteiger partial charge on any atom is -0.326 e. The molecule has 4 nitrogen and oxygen atoms in total. The first-order valence-corrected chi connectivity index (χ1v) is 9.03. The predicted molar refractivity (Wildman–Crippen MR) is 98.9 cm³/mol. The third-order valence-corrected chi connectivity index (χ3v) is 5.30. The van der Waals surface area contributed by atoms with Crippen molar-refractivity contribution >= 4 is 22.9 Å². The molecule has 1 amide bonds. The number of hydrogen-bond acceptors (Lipinski definition) is 4. The average Bonchev–Trinajstić information content (AvgIpc) is 3.03. The number of carbonyl (C=O) groups excluding carboxylic acids is 1. The number of anilines is 1. The predicted octanol–water partition coefficient (Wildman–Crippen LogP) is 3.40. The van der Waals surface area contributed by atoms with E-state index in [2.05, 4.69) is 21.1 Å². The molecule has 1 aromatic carbocycles. The first-order chi connectivity index (χ1) is 11.7. The minimum absolute atomic E-state index is 0.0697. The number of rotatable bonds is 4. The number of amides is 1. The number of terminal acetylenes is 1. The van der Waals surface area contributed by atoms with Gasteiger partial charge in [-0.3, -0.25) is 9.69 Å². The zero-order valence-electron chi connectivity index (χ0n) is 13.8. The standard InChI is InChI=1S/C19H21N3OS/c1-3-10-22-11-8-15(9-12-22)18(23)21-17-6-4-16(5-7-17)19-20-14(2)13-24-19/h1,4-7,13,15H,8-12H2,2H3,(H,21,23). The maximum Gasteiger partial charge on any atom is 0.227 e. The van der Waals surface area contributed by atoms with Gasteiger partial charge in [0, 0.05) is 28.2 Å². The maximum atomic E-state index is 12.4. The average molecular weight is 339 g/mol. The van der Waals surface area contributed by atoms with Gasteiger partial charge < -0.3 is 5.32 Å². The number of likely N-dealkylation sites (tertiary alicyclic amines) is 1. The van der Waals surface area contributed by atoms with E-state index in [0.717, 1.165) is 47.9 Å². The first-order valence-electron chi connectivity index (χ1n) is 8.15. The monoisotopic (exact) mass is 339 g/mol. The van der Waals surface area contributed by atoms with E-state index in [0.29, 0.717) is 6.54 Å². The van der Waals surface area contributed by atoms with Crippen LogP contribution in [0.1, 0.15) is 18.5 Å². The summed E-state index contributed by atoms with van der Waals surface area (Å²) in [5.41, 5.74) is 2.94. The highest BCUT2D eigenvalue weighted by Crippen LogP contribution is 2.25. The van der Waals surface area contributed by atoms with Gasteiger partial charge in [-0.25, -0.2) is 4.98 Å². The van der Waals surface area contributed by atoms with Crippen LogP contribution < -0.4 is 5.32 Å². The van der Waals surface area contributed by atoms with Crippen LogP contribution in [0.2, 0.25) is 0 Å². The molecule has 0 bridgehead atoms. The third kappa shape index (κ3) is 4.02. The Morgan fingerprint density at radius 3 is 2.67 bits per heavy atom. The molecule has 0 spiro atoms. The van der Waals surface area contributed by atoms with E-state index in [9.17, 15) is 4.79 Å². The second-order valence-electron chi connectivity index (χ2n) is 6.12. The molecule has 24 heavy (non-hydrogen) atoms. The number of nitrogens with one attached hydrogen (secondary N) is 1. The van der Waals surface area contributed by atoms with Crippen molar-refractivity contribution in [2.75, 3.05) is 25.0 Å². The number of hydrogen-bond donors (Lipinski definition) is 1. The van der Waals surface area contributed by atoms with Crippen molar-refractivity contribution in [1.82, 2.24) is 9.88 Å². The number of aromatic nitrogens is 1. The lowest BCUT2D eigenvalue weighted by atomic mass is 9.96. The van der Waals surface area contributed by atoms with Crippen LogP contribution in [0.15, 0.2) is 29.6 Å². The molecule has 1 fully saturated rings. The number of thiazole rings is 1. The second-order valence-corrected chi connectivity index (χ2v) is 6.97. The van der Waals surface area contributed by atoms with Crippen molar-refractivity contribution in [3.8, 4) is 22.9 Å². The SMILES string of the molecule is C#CCN1CCC(C(=O)Nc2ccc(-c3nc(C)cs3)cc2)CC1. The van der Waals surface area contributed by atoms with Crippen LogP contribution in [-0.2, 0) is 4.79 Å². The summed E-state index contributed by atoms with van der Waals surface area (Å²) in [5.74, 6) is 2.84. The zero-order valence-corrected chi connectivity index (χ0v) is 14.6. The number of nitrogens with zero attached hydrogens (tertiary/aromatic N) is 2. The van der Waals surface area contributed by atoms with Gasteiger partial charge in [-0.15, -0.1) is 17.8 Å². The lowest BCUT2D eigenvalue weighted by Crippen LogP contribution is -2.38. The molecular formula is C19H21N3OS. The molecule has 2 aromatic rings. The van der Waals surface area contributed by atoms with Gasteiger partial charge in [0.05, 0.1) is 6.54 Å². The van der Waals surface area contributed by atoms with Gasteiger partial charge >= 0.3 is 0 Å².